The summed E-state index contributed by atoms with van der Waals surface area (Å²) in [6.45, 7) is 6.48. The van der Waals surface area contributed by atoms with E-state index >= 15 is 0 Å². The summed E-state index contributed by atoms with van der Waals surface area (Å²) >= 11 is 0. The van der Waals surface area contributed by atoms with Gasteiger partial charge in [0, 0.05) is 19.3 Å². The summed E-state index contributed by atoms with van der Waals surface area (Å²) in [6, 6.07) is 0. The fraction of sp³-hybridized carbons (Fsp3) is 0.753. The van der Waals surface area contributed by atoms with Gasteiger partial charge in [-0.3, -0.25) is 14.4 Å². The topological polar surface area (TPSA) is 78.9 Å². The highest BCUT2D eigenvalue weighted by atomic mass is 16.6. The normalized spacial score (nSPS) is 12.7. The molecule has 0 bridgehead atoms. The van der Waals surface area contributed by atoms with Gasteiger partial charge in [-0.2, -0.15) is 0 Å². The van der Waals surface area contributed by atoms with Crippen molar-refractivity contribution in [3.8, 4) is 0 Å². The maximum absolute atomic E-state index is 12.9. The minimum atomic E-state index is -0.808. The van der Waals surface area contributed by atoms with Crippen LogP contribution in [-0.2, 0) is 28.6 Å². The third-order valence-electron chi connectivity index (χ3n) is 15.6. The first-order valence-corrected chi connectivity index (χ1v) is 35.7. The van der Waals surface area contributed by atoms with E-state index in [1.54, 1.807) is 0 Å². The quantitative estimate of drug-likeness (QED) is 0.0261. The zero-order valence-electron chi connectivity index (χ0n) is 54.9. The molecule has 6 heteroatoms. The molecule has 0 saturated carbocycles. The Balaban J connectivity index is 4.28. The Bertz CT molecular complexity index is 1610. The zero-order valence-corrected chi connectivity index (χ0v) is 54.9. The summed E-state index contributed by atoms with van der Waals surface area (Å²) in [4.78, 5) is 38.4. The van der Waals surface area contributed by atoms with Gasteiger partial charge in [0.2, 0.25) is 0 Å². The van der Waals surface area contributed by atoms with E-state index < -0.39 is 6.10 Å². The molecule has 6 nitrogen and oxygen atoms in total. The number of esters is 3. The van der Waals surface area contributed by atoms with Crippen LogP contribution in [0.25, 0.3) is 0 Å². The second-order valence-corrected chi connectivity index (χ2v) is 23.8. The molecule has 0 aliphatic carbocycles. The number of carbonyl (C=O) groups excluding carboxylic acids is 3. The van der Waals surface area contributed by atoms with Crippen molar-refractivity contribution < 1.29 is 28.6 Å². The number of rotatable bonds is 65. The van der Waals surface area contributed by atoms with Crippen LogP contribution in [0.2, 0.25) is 0 Å². The molecule has 0 radical (unpaired) electrons. The number of carbonyl (C=O) groups is 3. The van der Waals surface area contributed by atoms with Gasteiger partial charge in [-0.25, -0.2) is 0 Å². The van der Waals surface area contributed by atoms with Crippen LogP contribution in [-0.4, -0.2) is 37.2 Å². The van der Waals surface area contributed by atoms with E-state index in [9.17, 15) is 14.4 Å². The number of ether oxygens (including phenoxy) is 3. The average molecular weight is 1160 g/mol. The van der Waals surface area contributed by atoms with Crippen LogP contribution in [0.3, 0.4) is 0 Å². The molecule has 0 spiro atoms. The van der Waals surface area contributed by atoms with Gasteiger partial charge in [0.05, 0.1) is 0 Å². The fourth-order valence-corrected chi connectivity index (χ4v) is 10.2. The van der Waals surface area contributed by atoms with Crippen molar-refractivity contribution in [2.75, 3.05) is 13.2 Å². The maximum atomic E-state index is 12.9. The van der Waals surface area contributed by atoms with Crippen LogP contribution in [0, 0.1) is 0 Å². The standard InChI is InChI=1S/C77H134O6/c1-4-7-10-13-16-19-22-25-28-30-32-34-35-36-37-38-39-40-41-42-44-45-47-49-52-55-58-61-64-67-70-76(79)82-73-74(72-81-75(78)69-66-63-60-57-54-51-27-24-21-18-15-12-9-6-3)83-77(80)71-68-65-62-59-56-53-50-48-46-43-33-31-29-26-23-20-17-14-11-8-5-2/h8,11,15,17-18,20,24,26-27,29,33,43,48,50,56,59,74H,4-7,9-10,12-14,16,19,21-23,25,28,30-32,34-42,44-47,49,51-55,57-58,60-73H2,1-3H3/b11-8-,18-15-,20-17-,27-24-,29-26-,43-33-,50-48-,59-56-. The van der Waals surface area contributed by atoms with Gasteiger partial charge >= 0.3 is 17.9 Å². The predicted molar refractivity (Wildman–Crippen MR) is 362 cm³/mol. The molecule has 1 unspecified atom stereocenters. The van der Waals surface area contributed by atoms with E-state index in [1.165, 1.54) is 193 Å². The van der Waals surface area contributed by atoms with Crippen molar-refractivity contribution in [2.45, 2.75) is 361 Å². The van der Waals surface area contributed by atoms with E-state index in [4.69, 9.17) is 14.2 Å². The molecule has 478 valence electrons. The number of hydrogen-bond acceptors (Lipinski definition) is 6. The zero-order chi connectivity index (χ0) is 59.9. The summed E-state index contributed by atoms with van der Waals surface area (Å²) in [6.07, 6.45) is 96.0. The Hall–Kier alpha value is -3.67. The molecule has 1 atom stereocenters. The highest BCUT2D eigenvalue weighted by molar-refractivity contribution is 5.71. The van der Waals surface area contributed by atoms with Crippen LogP contribution < -0.4 is 0 Å². The lowest BCUT2D eigenvalue weighted by Gasteiger charge is -2.18. The first-order valence-electron chi connectivity index (χ1n) is 35.7. The molecule has 0 heterocycles. The first-order chi connectivity index (χ1) is 41.0. The Kier molecular flexibility index (Phi) is 67.7. The van der Waals surface area contributed by atoms with Crippen molar-refractivity contribution >= 4 is 17.9 Å². The second-order valence-electron chi connectivity index (χ2n) is 23.8. The average Bonchev–Trinajstić information content (AvgIpc) is 3.49. The molecule has 0 aliphatic heterocycles. The lowest BCUT2D eigenvalue weighted by Crippen LogP contribution is -2.30. The molecule has 0 N–H and O–H groups in total. The van der Waals surface area contributed by atoms with Crippen LogP contribution in [0.5, 0.6) is 0 Å². The van der Waals surface area contributed by atoms with Crippen LogP contribution in [0.15, 0.2) is 97.2 Å². The monoisotopic (exact) mass is 1160 g/mol. The molecule has 0 aromatic carbocycles. The van der Waals surface area contributed by atoms with Gasteiger partial charge < -0.3 is 14.2 Å². The number of hydrogen-bond donors (Lipinski definition) is 0. The van der Waals surface area contributed by atoms with E-state index in [0.717, 1.165) is 116 Å². The SMILES string of the molecule is CC/C=C\C/C=C\C/C=C\C/C=C\C/C=C\C/C=C\CCCCC(=O)OC(COC(=O)CCCCCCC/C=C\C/C=C\CCCC)COC(=O)CCCCCCCCCCCCCCCCCCCCCCCCCCCCCCCC. The summed E-state index contributed by atoms with van der Waals surface area (Å²) in [5.74, 6) is -0.942. The van der Waals surface area contributed by atoms with Gasteiger partial charge in [0.25, 0.3) is 0 Å². The molecule has 0 fully saturated rings. The van der Waals surface area contributed by atoms with E-state index in [0.29, 0.717) is 19.3 Å². The highest BCUT2D eigenvalue weighted by Gasteiger charge is 2.19. The van der Waals surface area contributed by atoms with E-state index in [2.05, 4.69) is 118 Å². The minimum Gasteiger partial charge on any atom is -0.462 e. The van der Waals surface area contributed by atoms with Gasteiger partial charge in [-0.15, -0.1) is 0 Å². The van der Waals surface area contributed by atoms with Crippen molar-refractivity contribution in [3.63, 3.8) is 0 Å². The summed E-state index contributed by atoms with van der Waals surface area (Å²) in [5, 5.41) is 0. The third-order valence-corrected chi connectivity index (χ3v) is 15.6. The minimum absolute atomic E-state index is 0.0976. The Morgan fingerprint density at radius 1 is 0.253 bits per heavy atom. The lowest BCUT2D eigenvalue weighted by atomic mass is 10.0. The van der Waals surface area contributed by atoms with Crippen LogP contribution >= 0.6 is 0 Å². The van der Waals surface area contributed by atoms with Crippen molar-refractivity contribution in [2.24, 2.45) is 0 Å². The van der Waals surface area contributed by atoms with Crippen molar-refractivity contribution in [1.29, 1.82) is 0 Å². The third kappa shape index (κ3) is 69.0. The highest BCUT2D eigenvalue weighted by Crippen LogP contribution is 2.18. The van der Waals surface area contributed by atoms with Crippen molar-refractivity contribution in [3.05, 3.63) is 97.2 Å². The fourth-order valence-electron chi connectivity index (χ4n) is 10.2. The van der Waals surface area contributed by atoms with Gasteiger partial charge in [-0.1, -0.05) is 336 Å². The van der Waals surface area contributed by atoms with Gasteiger partial charge in [0.1, 0.15) is 13.2 Å². The Morgan fingerprint density at radius 2 is 0.482 bits per heavy atom. The van der Waals surface area contributed by atoms with Gasteiger partial charge in [-0.05, 0) is 96.3 Å². The summed E-state index contributed by atoms with van der Waals surface area (Å²) < 4.78 is 16.9. The Labute approximate surface area is 515 Å². The number of unbranched alkanes of at least 4 members (excludes halogenated alkanes) is 38. The second kappa shape index (κ2) is 70.8. The smallest absolute Gasteiger partial charge is 0.306 e. The maximum Gasteiger partial charge on any atom is 0.306 e. The predicted octanol–water partition coefficient (Wildman–Crippen LogP) is 24.8. The van der Waals surface area contributed by atoms with Crippen molar-refractivity contribution in [1.82, 2.24) is 0 Å². The molecule has 0 aromatic rings. The molecule has 83 heavy (non-hydrogen) atoms. The largest absolute Gasteiger partial charge is 0.462 e. The lowest BCUT2D eigenvalue weighted by molar-refractivity contribution is -0.167. The number of allylic oxidation sites excluding steroid dienone is 16. The first kappa shape index (κ1) is 79.3. The van der Waals surface area contributed by atoms with E-state index in [-0.39, 0.29) is 37.5 Å². The van der Waals surface area contributed by atoms with Crippen LogP contribution in [0.1, 0.15) is 355 Å². The molecule has 0 rings (SSSR count). The molecule has 0 amide bonds. The van der Waals surface area contributed by atoms with E-state index in [1.807, 2.05) is 0 Å². The molecular weight excluding hydrogens is 1020 g/mol. The summed E-state index contributed by atoms with van der Waals surface area (Å²) in [7, 11) is 0. The molecular formula is C77H134O6. The Morgan fingerprint density at radius 3 is 0.795 bits per heavy atom. The van der Waals surface area contributed by atoms with Crippen LogP contribution in [0.4, 0.5) is 0 Å². The van der Waals surface area contributed by atoms with Gasteiger partial charge in [0.15, 0.2) is 6.10 Å². The molecule has 0 saturated heterocycles. The summed E-state index contributed by atoms with van der Waals surface area (Å²) in [5.41, 5.74) is 0. The molecule has 0 aromatic heterocycles. The molecule has 0 aliphatic rings.